The minimum atomic E-state index is -0.505. The number of pyridine rings is 1. The maximum atomic E-state index is 12.4. The van der Waals surface area contributed by atoms with Gasteiger partial charge >= 0.3 is 0 Å². The monoisotopic (exact) mass is 291 g/mol. The summed E-state index contributed by atoms with van der Waals surface area (Å²) in [5, 5.41) is 2.70. The second-order valence-corrected chi connectivity index (χ2v) is 5.45. The van der Waals surface area contributed by atoms with Gasteiger partial charge in [-0.2, -0.15) is 0 Å². The van der Waals surface area contributed by atoms with Crippen molar-refractivity contribution in [3.8, 4) is 5.75 Å². The maximum Gasteiger partial charge on any atom is 0.245 e. The highest BCUT2D eigenvalue weighted by Crippen LogP contribution is 2.18. The Kier molecular flexibility index (Phi) is 4.45. The van der Waals surface area contributed by atoms with Crippen molar-refractivity contribution >= 4 is 11.8 Å². The van der Waals surface area contributed by atoms with Crippen molar-refractivity contribution in [3.05, 3.63) is 23.5 Å². The highest BCUT2D eigenvalue weighted by Gasteiger charge is 2.31. The minimum Gasteiger partial charge on any atom is -0.497 e. The predicted octanol–water partition coefficient (Wildman–Crippen LogP) is 1.02. The Hall–Kier alpha value is -2.11. The van der Waals surface area contributed by atoms with Crippen LogP contribution >= 0.6 is 0 Å². The smallest absolute Gasteiger partial charge is 0.245 e. The van der Waals surface area contributed by atoms with E-state index in [-0.39, 0.29) is 17.9 Å². The number of nitrogens with zero attached hydrogens (tertiary/aromatic N) is 2. The molecule has 1 aliphatic rings. The molecule has 1 aromatic heterocycles. The molecule has 1 aromatic rings. The van der Waals surface area contributed by atoms with Gasteiger partial charge in [0.25, 0.3) is 0 Å². The molecule has 114 valence electrons. The lowest BCUT2D eigenvalue weighted by Gasteiger charge is -2.27. The van der Waals surface area contributed by atoms with Crippen molar-refractivity contribution in [2.24, 2.45) is 0 Å². The Bertz CT molecular complexity index is 559. The Morgan fingerprint density at radius 1 is 1.38 bits per heavy atom. The van der Waals surface area contributed by atoms with Crippen molar-refractivity contribution in [3.63, 3.8) is 0 Å². The molecule has 0 radical (unpaired) electrons. The number of hydrogen-bond acceptors (Lipinski definition) is 4. The molecule has 6 heteroatoms. The van der Waals surface area contributed by atoms with Gasteiger partial charge in [-0.05, 0) is 20.8 Å². The highest BCUT2D eigenvalue weighted by molar-refractivity contribution is 5.90. The molecule has 0 saturated carbocycles. The van der Waals surface area contributed by atoms with E-state index in [0.29, 0.717) is 13.0 Å². The van der Waals surface area contributed by atoms with Crippen LogP contribution in [0.1, 0.15) is 31.7 Å². The SMILES string of the molecule is COc1cc(C)nc(CN2C(=O)C(C)NC(=O)CC2C)c1. The summed E-state index contributed by atoms with van der Waals surface area (Å²) >= 11 is 0. The fourth-order valence-electron chi connectivity index (χ4n) is 2.52. The number of aryl methyl sites for hydroxylation is 1. The molecule has 2 amide bonds. The van der Waals surface area contributed by atoms with Gasteiger partial charge in [-0.1, -0.05) is 0 Å². The highest BCUT2D eigenvalue weighted by atomic mass is 16.5. The molecule has 1 aliphatic heterocycles. The second-order valence-electron chi connectivity index (χ2n) is 5.45. The molecule has 0 spiro atoms. The van der Waals surface area contributed by atoms with Crippen LogP contribution in [0.15, 0.2) is 12.1 Å². The Balaban J connectivity index is 2.25. The van der Waals surface area contributed by atoms with Crippen LogP contribution in [0, 0.1) is 6.92 Å². The lowest BCUT2D eigenvalue weighted by molar-refractivity contribution is -0.135. The third-order valence-electron chi connectivity index (χ3n) is 3.59. The largest absolute Gasteiger partial charge is 0.497 e. The number of amides is 2. The average Bonchev–Trinajstić information content (AvgIpc) is 2.50. The summed E-state index contributed by atoms with van der Waals surface area (Å²) in [5.74, 6) is 0.533. The van der Waals surface area contributed by atoms with Gasteiger partial charge in [0.2, 0.25) is 11.8 Å². The molecule has 21 heavy (non-hydrogen) atoms. The van der Waals surface area contributed by atoms with E-state index in [0.717, 1.165) is 17.1 Å². The van der Waals surface area contributed by atoms with E-state index in [1.807, 2.05) is 26.0 Å². The Morgan fingerprint density at radius 3 is 2.76 bits per heavy atom. The third-order valence-corrected chi connectivity index (χ3v) is 3.59. The average molecular weight is 291 g/mol. The van der Waals surface area contributed by atoms with E-state index in [1.165, 1.54) is 0 Å². The van der Waals surface area contributed by atoms with Gasteiger partial charge in [-0.15, -0.1) is 0 Å². The van der Waals surface area contributed by atoms with Crippen molar-refractivity contribution < 1.29 is 14.3 Å². The fourth-order valence-corrected chi connectivity index (χ4v) is 2.52. The summed E-state index contributed by atoms with van der Waals surface area (Å²) in [6, 6.07) is 2.99. The number of carbonyl (C=O) groups is 2. The van der Waals surface area contributed by atoms with Crippen LogP contribution in [0.25, 0.3) is 0 Å². The molecule has 0 aliphatic carbocycles. The summed E-state index contributed by atoms with van der Waals surface area (Å²) in [4.78, 5) is 30.2. The number of carbonyl (C=O) groups excluding carboxylic acids is 2. The summed E-state index contributed by atoms with van der Waals surface area (Å²) in [7, 11) is 1.60. The number of nitrogens with one attached hydrogen (secondary N) is 1. The summed E-state index contributed by atoms with van der Waals surface area (Å²) in [6.45, 7) is 5.84. The van der Waals surface area contributed by atoms with E-state index in [2.05, 4.69) is 10.3 Å². The third kappa shape index (κ3) is 3.51. The van der Waals surface area contributed by atoms with E-state index in [1.54, 1.807) is 18.9 Å². The summed E-state index contributed by atoms with van der Waals surface area (Å²) in [6.07, 6.45) is 0.305. The zero-order valence-electron chi connectivity index (χ0n) is 12.8. The van der Waals surface area contributed by atoms with Crippen molar-refractivity contribution in [1.82, 2.24) is 15.2 Å². The van der Waals surface area contributed by atoms with Crippen LogP contribution in [0.3, 0.4) is 0 Å². The van der Waals surface area contributed by atoms with Crippen LogP contribution in [0.2, 0.25) is 0 Å². The first kappa shape index (κ1) is 15.3. The molecule has 0 aromatic carbocycles. The summed E-state index contributed by atoms with van der Waals surface area (Å²) < 4.78 is 5.23. The van der Waals surface area contributed by atoms with Crippen molar-refractivity contribution in [2.45, 2.75) is 45.8 Å². The number of ether oxygens (including phenoxy) is 1. The quantitative estimate of drug-likeness (QED) is 0.902. The van der Waals surface area contributed by atoms with Crippen LogP contribution in [-0.4, -0.2) is 40.9 Å². The van der Waals surface area contributed by atoms with E-state index in [9.17, 15) is 9.59 Å². The second kappa shape index (κ2) is 6.11. The number of rotatable bonds is 3. The van der Waals surface area contributed by atoms with Crippen molar-refractivity contribution in [2.75, 3.05) is 7.11 Å². The lowest BCUT2D eigenvalue weighted by Crippen LogP contribution is -2.44. The molecular formula is C15H21N3O3. The molecule has 2 heterocycles. The molecule has 0 bridgehead atoms. The van der Waals surface area contributed by atoms with Crippen LogP contribution in [0.4, 0.5) is 0 Å². The van der Waals surface area contributed by atoms with Crippen LogP contribution in [0.5, 0.6) is 5.75 Å². The fraction of sp³-hybridized carbons (Fsp3) is 0.533. The van der Waals surface area contributed by atoms with Crippen LogP contribution in [-0.2, 0) is 16.1 Å². The first-order chi connectivity index (χ1) is 9.90. The molecule has 2 unspecified atom stereocenters. The number of methoxy groups -OCH3 is 1. The molecule has 6 nitrogen and oxygen atoms in total. The topological polar surface area (TPSA) is 71.5 Å². The molecular weight excluding hydrogens is 270 g/mol. The van der Waals surface area contributed by atoms with Crippen molar-refractivity contribution in [1.29, 1.82) is 0 Å². The van der Waals surface area contributed by atoms with Gasteiger partial charge in [-0.3, -0.25) is 14.6 Å². The van der Waals surface area contributed by atoms with Gasteiger partial charge in [-0.25, -0.2) is 0 Å². The first-order valence-corrected chi connectivity index (χ1v) is 7.02. The van der Waals surface area contributed by atoms with E-state index < -0.39 is 6.04 Å². The number of aromatic nitrogens is 1. The first-order valence-electron chi connectivity index (χ1n) is 7.02. The predicted molar refractivity (Wildman–Crippen MR) is 77.8 cm³/mol. The van der Waals surface area contributed by atoms with Gasteiger partial charge in [0.1, 0.15) is 11.8 Å². The minimum absolute atomic E-state index is 0.0874. The van der Waals surface area contributed by atoms with Gasteiger partial charge in [0.05, 0.1) is 19.3 Å². The Morgan fingerprint density at radius 2 is 2.10 bits per heavy atom. The maximum absolute atomic E-state index is 12.4. The normalized spacial score (nSPS) is 22.8. The van der Waals surface area contributed by atoms with Gasteiger partial charge in [0, 0.05) is 30.3 Å². The van der Waals surface area contributed by atoms with E-state index in [4.69, 9.17) is 4.74 Å². The zero-order valence-corrected chi connectivity index (χ0v) is 12.8. The van der Waals surface area contributed by atoms with Gasteiger partial charge in [0.15, 0.2) is 0 Å². The summed E-state index contributed by atoms with van der Waals surface area (Å²) in [5.41, 5.74) is 1.59. The Labute approximate surface area is 124 Å². The zero-order chi connectivity index (χ0) is 15.6. The number of hydrogen-bond donors (Lipinski definition) is 1. The van der Waals surface area contributed by atoms with Gasteiger partial charge < -0.3 is 15.0 Å². The molecule has 1 fully saturated rings. The van der Waals surface area contributed by atoms with E-state index >= 15 is 0 Å². The lowest BCUT2D eigenvalue weighted by atomic mass is 10.1. The molecule has 1 N–H and O–H groups in total. The standard InChI is InChI=1S/C15H21N3O3/c1-9-5-13(21-4)7-12(16-9)8-18-10(2)6-14(19)17-11(3)15(18)20/h5,7,10-11H,6,8H2,1-4H3,(H,17,19). The molecule has 1 saturated heterocycles. The molecule has 2 rings (SSSR count). The molecule has 2 atom stereocenters. The van der Waals surface area contributed by atoms with Crippen LogP contribution < -0.4 is 10.1 Å².